The molecular weight excluding hydrogens is 140 g/mol. The Labute approximate surface area is 63.7 Å². The van der Waals surface area contributed by atoms with Crippen molar-refractivity contribution in [3.63, 3.8) is 0 Å². The van der Waals surface area contributed by atoms with E-state index in [9.17, 15) is 4.79 Å². The summed E-state index contributed by atoms with van der Waals surface area (Å²) in [6.45, 7) is 0. The van der Waals surface area contributed by atoms with E-state index in [2.05, 4.69) is 11.1 Å². The fourth-order valence-corrected chi connectivity index (χ4v) is 1.85. The smallest absolute Gasteiger partial charge is 0.295 e. The molecule has 0 aromatic carbocycles. The highest BCUT2D eigenvalue weighted by Crippen LogP contribution is 2.37. The zero-order valence-electron chi connectivity index (χ0n) is 5.82. The van der Waals surface area contributed by atoms with Crippen molar-refractivity contribution in [2.45, 2.75) is 12.5 Å². The van der Waals surface area contributed by atoms with E-state index in [1.807, 2.05) is 11.0 Å². The van der Waals surface area contributed by atoms with E-state index in [4.69, 9.17) is 0 Å². The number of nitrogens with zero attached hydrogens (tertiary/aromatic N) is 2. The minimum Gasteiger partial charge on any atom is -0.320 e. The van der Waals surface area contributed by atoms with E-state index in [-0.39, 0.29) is 5.91 Å². The number of amides is 1. The third-order valence-corrected chi connectivity index (χ3v) is 2.37. The lowest BCUT2D eigenvalue weighted by molar-refractivity contribution is -0.114. The van der Waals surface area contributed by atoms with Gasteiger partial charge in [0.1, 0.15) is 12.0 Å². The van der Waals surface area contributed by atoms with Gasteiger partial charge in [0.25, 0.3) is 5.91 Å². The van der Waals surface area contributed by atoms with E-state index in [1.165, 1.54) is 0 Å². The zero-order chi connectivity index (χ0) is 7.42. The van der Waals surface area contributed by atoms with Crippen LogP contribution in [0.5, 0.6) is 0 Å². The van der Waals surface area contributed by atoms with Gasteiger partial charge in [0.05, 0.1) is 6.04 Å². The molecule has 3 aliphatic rings. The van der Waals surface area contributed by atoms with Crippen LogP contribution in [-0.2, 0) is 4.79 Å². The summed E-state index contributed by atoms with van der Waals surface area (Å²) < 4.78 is 0. The van der Waals surface area contributed by atoms with E-state index in [0.29, 0.717) is 6.04 Å². The van der Waals surface area contributed by atoms with Gasteiger partial charge < -0.3 is 4.90 Å². The van der Waals surface area contributed by atoms with Crippen molar-refractivity contribution in [2.75, 3.05) is 0 Å². The molecule has 0 fully saturated rings. The van der Waals surface area contributed by atoms with Gasteiger partial charge in [0.15, 0.2) is 0 Å². The molecule has 1 atom stereocenters. The molecular formula is C8H6N2O. The molecule has 0 spiro atoms. The lowest BCUT2D eigenvalue weighted by Crippen LogP contribution is -2.25. The average molecular weight is 146 g/mol. The maximum atomic E-state index is 11.1. The lowest BCUT2D eigenvalue weighted by Gasteiger charge is -2.16. The van der Waals surface area contributed by atoms with Gasteiger partial charge in [-0.3, -0.25) is 4.79 Å². The Morgan fingerprint density at radius 2 is 2.55 bits per heavy atom. The summed E-state index contributed by atoms with van der Waals surface area (Å²) in [6.07, 6.45) is 6.78. The van der Waals surface area contributed by atoms with Crippen LogP contribution in [0.2, 0.25) is 0 Å². The number of carbonyl (C=O) groups excluding carboxylic acids is 1. The molecule has 0 aromatic heterocycles. The van der Waals surface area contributed by atoms with Crippen LogP contribution in [0.4, 0.5) is 0 Å². The van der Waals surface area contributed by atoms with Crippen molar-refractivity contribution in [3.05, 3.63) is 23.4 Å². The summed E-state index contributed by atoms with van der Waals surface area (Å²) in [4.78, 5) is 16.8. The predicted molar refractivity (Wildman–Crippen MR) is 39.9 cm³/mol. The first kappa shape index (κ1) is 5.29. The van der Waals surface area contributed by atoms with Crippen molar-refractivity contribution in [2.24, 2.45) is 4.99 Å². The molecule has 0 saturated heterocycles. The van der Waals surface area contributed by atoms with Gasteiger partial charge >= 0.3 is 0 Å². The number of allylic oxidation sites excluding steroid dienone is 1. The number of aliphatic imine (C=N–C) groups is 1. The van der Waals surface area contributed by atoms with Crippen LogP contribution in [0.3, 0.4) is 0 Å². The molecule has 0 aromatic rings. The summed E-state index contributed by atoms with van der Waals surface area (Å²) in [5.74, 6) is -0.0770. The molecule has 3 nitrogen and oxygen atoms in total. The average Bonchev–Trinajstić information content (AvgIpc) is 2.60. The van der Waals surface area contributed by atoms with Gasteiger partial charge in [0.2, 0.25) is 0 Å². The molecule has 3 rings (SSSR count). The zero-order valence-corrected chi connectivity index (χ0v) is 5.82. The summed E-state index contributed by atoms with van der Waals surface area (Å²) in [6, 6.07) is 0.384. The summed E-state index contributed by atoms with van der Waals surface area (Å²) in [7, 11) is 0. The van der Waals surface area contributed by atoms with Crippen LogP contribution in [0.25, 0.3) is 0 Å². The Balaban J connectivity index is 2.24. The van der Waals surface area contributed by atoms with E-state index in [1.54, 1.807) is 6.34 Å². The highest BCUT2D eigenvalue weighted by Gasteiger charge is 2.38. The standard InChI is InChI=1S/C8H6N2O/c11-8-7-5-1-2-6(3-5)10(7)4-9-8/h1-2,4,6H,3H2. The largest absolute Gasteiger partial charge is 0.320 e. The third kappa shape index (κ3) is 0.461. The third-order valence-electron chi connectivity index (χ3n) is 2.37. The highest BCUT2D eigenvalue weighted by atomic mass is 16.2. The first-order valence-electron chi connectivity index (χ1n) is 3.64. The lowest BCUT2D eigenvalue weighted by atomic mass is 10.2. The summed E-state index contributed by atoms with van der Waals surface area (Å²) in [5, 5.41) is 0. The van der Waals surface area contributed by atoms with Gasteiger partial charge in [-0.1, -0.05) is 12.2 Å². The molecule has 0 N–H and O–H groups in total. The number of rotatable bonds is 0. The molecule has 2 heterocycles. The van der Waals surface area contributed by atoms with Gasteiger partial charge in [-0.25, -0.2) is 0 Å². The van der Waals surface area contributed by atoms with Crippen molar-refractivity contribution in [3.8, 4) is 0 Å². The Morgan fingerprint density at radius 1 is 1.64 bits per heavy atom. The second-order valence-electron chi connectivity index (χ2n) is 2.96. The minimum absolute atomic E-state index is 0.0770. The van der Waals surface area contributed by atoms with Crippen LogP contribution in [0, 0.1) is 0 Å². The van der Waals surface area contributed by atoms with E-state index in [0.717, 1.165) is 17.7 Å². The Kier molecular flexibility index (Phi) is 0.695. The fraction of sp³-hybridized carbons (Fsp3) is 0.250. The first-order chi connectivity index (χ1) is 5.36. The first-order valence-corrected chi connectivity index (χ1v) is 3.64. The Morgan fingerprint density at radius 3 is 3.36 bits per heavy atom. The molecule has 1 amide bonds. The number of hydrogen-bond acceptors (Lipinski definition) is 2. The summed E-state index contributed by atoms with van der Waals surface area (Å²) >= 11 is 0. The number of hydrogen-bond donors (Lipinski definition) is 0. The maximum Gasteiger partial charge on any atom is 0.295 e. The quantitative estimate of drug-likeness (QED) is 0.497. The predicted octanol–water partition coefficient (Wildman–Crippen LogP) is 0.453. The van der Waals surface area contributed by atoms with Gasteiger partial charge in [-0.05, 0) is 12.0 Å². The second-order valence-corrected chi connectivity index (χ2v) is 2.96. The molecule has 2 bridgehead atoms. The van der Waals surface area contributed by atoms with Crippen molar-refractivity contribution in [1.82, 2.24) is 4.90 Å². The minimum atomic E-state index is -0.0770. The molecule has 1 unspecified atom stereocenters. The van der Waals surface area contributed by atoms with E-state index < -0.39 is 0 Å². The van der Waals surface area contributed by atoms with Crippen molar-refractivity contribution < 1.29 is 4.79 Å². The highest BCUT2D eigenvalue weighted by molar-refractivity contribution is 6.06. The van der Waals surface area contributed by atoms with Gasteiger partial charge in [-0.2, -0.15) is 4.99 Å². The van der Waals surface area contributed by atoms with Crippen LogP contribution in [0.15, 0.2) is 28.4 Å². The molecule has 3 heteroatoms. The van der Waals surface area contributed by atoms with Crippen LogP contribution >= 0.6 is 0 Å². The van der Waals surface area contributed by atoms with Gasteiger partial charge in [-0.15, -0.1) is 0 Å². The van der Waals surface area contributed by atoms with Gasteiger partial charge in [0, 0.05) is 0 Å². The molecule has 0 radical (unpaired) electrons. The van der Waals surface area contributed by atoms with Crippen molar-refractivity contribution >= 4 is 12.2 Å². The molecule has 0 saturated carbocycles. The fourth-order valence-electron chi connectivity index (χ4n) is 1.85. The second kappa shape index (κ2) is 1.44. The monoisotopic (exact) mass is 146 g/mol. The molecule has 11 heavy (non-hydrogen) atoms. The Hall–Kier alpha value is -1.38. The molecule has 54 valence electrons. The normalized spacial score (nSPS) is 31.1. The summed E-state index contributed by atoms with van der Waals surface area (Å²) in [5.41, 5.74) is 1.95. The molecule has 2 aliphatic heterocycles. The van der Waals surface area contributed by atoms with Crippen LogP contribution in [0.1, 0.15) is 6.42 Å². The van der Waals surface area contributed by atoms with Crippen LogP contribution < -0.4 is 0 Å². The number of carbonyl (C=O) groups is 1. The maximum absolute atomic E-state index is 11.1. The Bertz CT molecular complexity index is 338. The van der Waals surface area contributed by atoms with Crippen molar-refractivity contribution in [1.29, 1.82) is 0 Å². The topological polar surface area (TPSA) is 32.7 Å². The molecule has 1 aliphatic carbocycles. The SMILES string of the molecule is O=C1N=CN2C1=C1C=CC2C1. The van der Waals surface area contributed by atoms with E-state index >= 15 is 0 Å². The number of fused-ring (bicyclic) bond motifs is 4. The van der Waals surface area contributed by atoms with Crippen LogP contribution in [-0.4, -0.2) is 23.2 Å².